The molecule has 3 nitrogen and oxygen atoms in total. The molecule has 0 bridgehead atoms. The Balaban J connectivity index is 2.63. The number of carbonyl (C=O) groups is 1. The van der Waals surface area contributed by atoms with Crippen LogP contribution in [0.5, 0.6) is 0 Å². The van der Waals surface area contributed by atoms with Gasteiger partial charge in [0.25, 0.3) is 0 Å². The van der Waals surface area contributed by atoms with Crippen LogP contribution in [-0.4, -0.2) is 23.7 Å². The molecule has 1 amide bonds. The standard InChI is InChI=1S/C11H13F2NO2/c1-7(15)6-14-11(16)5-8-9(12)3-2-4-10(8)13/h2-4,7,15H,5-6H2,1H3,(H,14,16)/t7-/m1/s1. The summed E-state index contributed by atoms with van der Waals surface area (Å²) in [5.74, 6) is -2.01. The Morgan fingerprint density at radius 3 is 2.50 bits per heavy atom. The Morgan fingerprint density at radius 1 is 1.44 bits per heavy atom. The normalized spacial score (nSPS) is 12.2. The number of nitrogens with one attached hydrogen (secondary N) is 1. The van der Waals surface area contributed by atoms with Gasteiger partial charge >= 0.3 is 0 Å². The van der Waals surface area contributed by atoms with E-state index in [9.17, 15) is 13.6 Å². The fourth-order valence-corrected chi connectivity index (χ4v) is 1.19. The highest BCUT2D eigenvalue weighted by Gasteiger charge is 2.12. The first kappa shape index (κ1) is 12.6. The van der Waals surface area contributed by atoms with E-state index < -0.39 is 23.6 Å². The Morgan fingerprint density at radius 2 is 2.00 bits per heavy atom. The molecule has 0 spiro atoms. The van der Waals surface area contributed by atoms with E-state index in [2.05, 4.69) is 5.32 Å². The van der Waals surface area contributed by atoms with Crippen LogP contribution < -0.4 is 5.32 Å². The summed E-state index contributed by atoms with van der Waals surface area (Å²) in [4.78, 5) is 11.3. The Kier molecular flexibility index (Phi) is 4.37. The minimum atomic E-state index is -0.743. The van der Waals surface area contributed by atoms with E-state index in [4.69, 9.17) is 5.11 Å². The number of halogens is 2. The van der Waals surface area contributed by atoms with Crippen molar-refractivity contribution in [2.45, 2.75) is 19.4 Å². The lowest BCUT2D eigenvalue weighted by atomic mass is 10.1. The van der Waals surface area contributed by atoms with E-state index in [-0.39, 0.29) is 18.5 Å². The Bertz CT molecular complexity index is 360. The average molecular weight is 229 g/mol. The number of aliphatic hydroxyl groups excluding tert-OH is 1. The molecule has 1 atom stereocenters. The lowest BCUT2D eigenvalue weighted by Crippen LogP contribution is -2.32. The number of hydrogen-bond acceptors (Lipinski definition) is 2. The number of rotatable bonds is 4. The molecular formula is C11H13F2NO2. The van der Waals surface area contributed by atoms with Crippen LogP contribution in [0.2, 0.25) is 0 Å². The van der Waals surface area contributed by atoms with E-state index >= 15 is 0 Å². The molecule has 88 valence electrons. The molecular weight excluding hydrogens is 216 g/mol. The van der Waals surface area contributed by atoms with Crippen molar-refractivity contribution in [3.63, 3.8) is 0 Å². The highest BCUT2D eigenvalue weighted by atomic mass is 19.1. The van der Waals surface area contributed by atoms with Crippen molar-refractivity contribution in [3.05, 3.63) is 35.4 Å². The maximum Gasteiger partial charge on any atom is 0.224 e. The number of aliphatic hydroxyl groups is 1. The average Bonchev–Trinajstić information content (AvgIpc) is 2.21. The molecule has 0 unspecified atom stereocenters. The second kappa shape index (κ2) is 5.55. The van der Waals surface area contributed by atoms with E-state index in [1.807, 2.05) is 0 Å². The van der Waals surface area contributed by atoms with E-state index in [1.54, 1.807) is 0 Å². The topological polar surface area (TPSA) is 49.3 Å². The second-order valence-electron chi connectivity index (χ2n) is 3.53. The molecule has 16 heavy (non-hydrogen) atoms. The monoisotopic (exact) mass is 229 g/mol. The predicted molar refractivity (Wildman–Crippen MR) is 54.8 cm³/mol. The molecule has 0 saturated heterocycles. The molecule has 0 fully saturated rings. The highest BCUT2D eigenvalue weighted by Crippen LogP contribution is 2.12. The molecule has 0 saturated carbocycles. The van der Waals surface area contributed by atoms with Gasteiger partial charge in [-0.05, 0) is 19.1 Å². The van der Waals surface area contributed by atoms with Gasteiger partial charge in [-0.15, -0.1) is 0 Å². The maximum atomic E-state index is 13.1. The fraction of sp³-hybridized carbons (Fsp3) is 0.364. The maximum absolute atomic E-state index is 13.1. The third-order valence-electron chi connectivity index (χ3n) is 1.99. The molecule has 0 aliphatic carbocycles. The van der Waals surface area contributed by atoms with E-state index in [1.165, 1.54) is 13.0 Å². The van der Waals surface area contributed by atoms with Gasteiger partial charge in [0, 0.05) is 12.1 Å². The largest absolute Gasteiger partial charge is 0.392 e. The highest BCUT2D eigenvalue weighted by molar-refractivity contribution is 5.78. The van der Waals surface area contributed by atoms with Gasteiger partial charge < -0.3 is 10.4 Å². The van der Waals surface area contributed by atoms with Gasteiger partial charge in [-0.1, -0.05) is 6.07 Å². The molecule has 1 rings (SSSR count). The van der Waals surface area contributed by atoms with Crippen molar-refractivity contribution in [2.24, 2.45) is 0 Å². The lowest BCUT2D eigenvalue weighted by Gasteiger charge is -2.08. The number of carbonyl (C=O) groups excluding carboxylic acids is 1. The number of hydrogen-bond donors (Lipinski definition) is 2. The van der Waals surface area contributed by atoms with Crippen LogP contribution in [0.4, 0.5) is 8.78 Å². The molecule has 5 heteroatoms. The first-order valence-electron chi connectivity index (χ1n) is 4.88. The smallest absolute Gasteiger partial charge is 0.224 e. The van der Waals surface area contributed by atoms with Crippen molar-refractivity contribution in [1.82, 2.24) is 5.32 Å². The van der Waals surface area contributed by atoms with Crippen molar-refractivity contribution in [3.8, 4) is 0 Å². The van der Waals surface area contributed by atoms with Crippen LogP contribution in [0.25, 0.3) is 0 Å². The first-order valence-corrected chi connectivity index (χ1v) is 4.88. The molecule has 0 aliphatic heterocycles. The van der Waals surface area contributed by atoms with Gasteiger partial charge in [0.2, 0.25) is 5.91 Å². The lowest BCUT2D eigenvalue weighted by molar-refractivity contribution is -0.120. The minimum absolute atomic E-state index is 0.0644. The van der Waals surface area contributed by atoms with Gasteiger partial charge in [0.15, 0.2) is 0 Å². The summed E-state index contributed by atoms with van der Waals surface area (Å²) >= 11 is 0. The summed E-state index contributed by atoms with van der Waals surface area (Å²) in [5.41, 5.74) is -0.259. The molecule has 2 N–H and O–H groups in total. The summed E-state index contributed by atoms with van der Waals surface area (Å²) in [6.07, 6.45) is -1.06. The quantitative estimate of drug-likeness (QED) is 0.809. The SMILES string of the molecule is C[C@@H](O)CNC(=O)Cc1c(F)cccc1F. The zero-order valence-electron chi connectivity index (χ0n) is 8.84. The molecule has 1 aromatic rings. The summed E-state index contributed by atoms with van der Waals surface area (Å²) in [6.45, 7) is 1.57. The van der Waals surface area contributed by atoms with Gasteiger partial charge in [0.05, 0.1) is 12.5 Å². The van der Waals surface area contributed by atoms with Crippen molar-refractivity contribution >= 4 is 5.91 Å². The molecule has 0 aliphatic rings. The van der Waals surface area contributed by atoms with Crippen molar-refractivity contribution in [1.29, 1.82) is 0 Å². The second-order valence-corrected chi connectivity index (χ2v) is 3.53. The van der Waals surface area contributed by atoms with Gasteiger partial charge in [-0.25, -0.2) is 8.78 Å². The fourth-order valence-electron chi connectivity index (χ4n) is 1.19. The zero-order valence-corrected chi connectivity index (χ0v) is 8.84. The van der Waals surface area contributed by atoms with Gasteiger partial charge in [-0.3, -0.25) is 4.79 Å². The molecule has 0 aromatic heterocycles. The van der Waals surface area contributed by atoms with Gasteiger partial charge in [-0.2, -0.15) is 0 Å². The van der Waals surface area contributed by atoms with Crippen LogP contribution in [0.3, 0.4) is 0 Å². The summed E-state index contributed by atoms with van der Waals surface area (Å²) in [7, 11) is 0. The third-order valence-corrected chi connectivity index (χ3v) is 1.99. The van der Waals surface area contributed by atoms with Crippen LogP contribution in [0.1, 0.15) is 12.5 Å². The van der Waals surface area contributed by atoms with Crippen LogP contribution >= 0.6 is 0 Å². The minimum Gasteiger partial charge on any atom is -0.392 e. The van der Waals surface area contributed by atoms with Crippen LogP contribution in [0.15, 0.2) is 18.2 Å². The van der Waals surface area contributed by atoms with Crippen LogP contribution in [0, 0.1) is 11.6 Å². The number of benzene rings is 1. The van der Waals surface area contributed by atoms with Crippen LogP contribution in [-0.2, 0) is 11.2 Å². The summed E-state index contributed by atoms with van der Waals surface area (Å²) in [5, 5.41) is 11.3. The number of amides is 1. The van der Waals surface area contributed by atoms with Crippen molar-refractivity contribution < 1.29 is 18.7 Å². The third kappa shape index (κ3) is 3.58. The zero-order chi connectivity index (χ0) is 12.1. The Labute approximate surface area is 92.1 Å². The van der Waals surface area contributed by atoms with Crippen molar-refractivity contribution in [2.75, 3.05) is 6.54 Å². The molecule has 1 aromatic carbocycles. The van der Waals surface area contributed by atoms with E-state index in [0.29, 0.717) is 0 Å². The predicted octanol–water partition coefficient (Wildman–Crippen LogP) is 1.00. The van der Waals surface area contributed by atoms with E-state index in [0.717, 1.165) is 12.1 Å². The molecule has 0 radical (unpaired) electrons. The molecule has 0 heterocycles. The van der Waals surface area contributed by atoms with Gasteiger partial charge in [0.1, 0.15) is 11.6 Å². The summed E-state index contributed by atoms with van der Waals surface area (Å²) < 4.78 is 26.3. The summed E-state index contributed by atoms with van der Waals surface area (Å²) in [6, 6.07) is 3.43. The Hall–Kier alpha value is -1.49. The first-order chi connectivity index (χ1) is 7.50.